The Kier molecular flexibility index (Phi) is 4.34. The lowest BCUT2D eigenvalue weighted by molar-refractivity contribution is 0.0950. The van der Waals surface area contributed by atoms with Crippen LogP contribution in [0.1, 0.15) is 23.5 Å². The molecule has 0 aliphatic rings. The Balaban J connectivity index is 1.72. The highest BCUT2D eigenvalue weighted by Gasteiger charge is 2.17. The summed E-state index contributed by atoms with van der Waals surface area (Å²) in [7, 11) is 0. The zero-order valence-electron chi connectivity index (χ0n) is 12.9. The topological polar surface area (TPSA) is 80.0 Å². The van der Waals surface area contributed by atoms with Crippen LogP contribution < -0.4 is 16.4 Å². The molecule has 1 amide bonds. The second-order valence-electron chi connectivity index (χ2n) is 5.96. The van der Waals surface area contributed by atoms with E-state index >= 15 is 0 Å². The molecule has 0 saturated heterocycles. The minimum atomic E-state index is -0.421. The van der Waals surface area contributed by atoms with Gasteiger partial charge in [-0.25, -0.2) is 4.98 Å². The monoisotopic (exact) mass is 346 g/mol. The highest BCUT2D eigenvalue weighted by atomic mass is 32.1. The molecule has 0 saturated carbocycles. The van der Waals surface area contributed by atoms with E-state index in [1.165, 1.54) is 22.7 Å². The number of nitrogens with one attached hydrogen (secondary N) is 2. The van der Waals surface area contributed by atoms with Crippen molar-refractivity contribution < 1.29 is 4.79 Å². The van der Waals surface area contributed by atoms with Crippen LogP contribution >= 0.6 is 22.7 Å². The van der Waals surface area contributed by atoms with Crippen molar-refractivity contribution in [1.29, 1.82) is 0 Å². The number of nitrogens with two attached hydrogens (primary N) is 1. The maximum Gasteiger partial charge on any atom is 0.261 e. The van der Waals surface area contributed by atoms with Gasteiger partial charge in [-0.15, -0.1) is 11.3 Å². The van der Waals surface area contributed by atoms with Gasteiger partial charge in [-0.1, -0.05) is 29.5 Å². The number of carbonyl (C=O) groups is 1. The van der Waals surface area contributed by atoms with Gasteiger partial charge in [0.05, 0.1) is 9.58 Å². The average Bonchev–Trinajstić information content (AvgIpc) is 3.03. The molecular formula is C16H18N4OS2. The maximum absolute atomic E-state index is 12.1. The van der Waals surface area contributed by atoms with Gasteiger partial charge in [0.2, 0.25) is 0 Å². The molecule has 0 aliphatic heterocycles. The molecule has 0 aliphatic carbocycles. The number of aromatic nitrogens is 1. The van der Waals surface area contributed by atoms with Crippen LogP contribution in [0, 0.1) is 0 Å². The molecule has 2 heterocycles. The number of hydrogen-bond acceptors (Lipinski definition) is 6. The van der Waals surface area contributed by atoms with Gasteiger partial charge in [0.15, 0.2) is 5.13 Å². The van der Waals surface area contributed by atoms with E-state index in [4.69, 9.17) is 5.73 Å². The number of fused-ring (bicyclic) bond motifs is 1. The molecule has 0 bridgehead atoms. The first-order chi connectivity index (χ1) is 10.9. The van der Waals surface area contributed by atoms with Crippen LogP contribution in [0.5, 0.6) is 0 Å². The largest absolute Gasteiger partial charge is 0.350 e. The first-order valence-electron chi connectivity index (χ1n) is 7.20. The summed E-state index contributed by atoms with van der Waals surface area (Å²) < 4.78 is 1.01. The Morgan fingerprint density at radius 2 is 2.00 bits per heavy atom. The normalized spacial score (nSPS) is 11.6. The molecule has 0 fully saturated rings. The zero-order chi connectivity index (χ0) is 16.4. The van der Waals surface area contributed by atoms with Crippen molar-refractivity contribution in [2.45, 2.75) is 19.4 Å². The van der Waals surface area contributed by atoms with Gasteiger partial charge in [0.25, 0.3) is 5.91 Å². The molecule has 120 valence electrons. The predicted molar refractivity (Wildman–Crippen MR) is 97.8 cm³/mol. The molecule has 0 unspecified atom stereocenters. The number of para-hydroxylation sites is 1. The fraction of sp³-hybridized carbons (Fsp3) is 0.250. The maximum atomic E-state index is 12.1. The molecule has 3 rings (SSSR count). The van der Waals surface area contributed by atoms with Crippen LogP contribution in [-0.4, -0.2) is 23.0 Å². The molecule has 5 nitrogen and oxygen atoms in total. The summed E-state index contributed by atoms with van der Waals surface area (Å²) >= 11 is 2.93. The van der Waals surface area contributed by atoms with Crippen molar-refractivity contribution in [3.8, 4) is 0 Å². The highest BCUT2D eigenvalue weighted by Crippen LogP contribution is 2.34. The molecule has 0 atom stereocenters. The number of rotatable bonds is 5. The third-order valence-corrected chi connectivity index (χ3v) is 5.12. The quantitative estimate of drug-likeness (QED) is 0.660. The second kappa shape index (κ2) is 6.27. The number of anilines is 2. The first-order valence-corrected chi connectivity index (χ1v) is 8.83. The number of nitrogens with zero attached hydrogens (tertiary/aromatic N) is 1. The molecule has 4 N–H and O–H groups in total. The number of amides is 1. The summed E-state index contributed by atoms with van der Waals surface area (Å²) in [6.07, 6.45) is 0. The van der Waals surface area contributed by atoms with E-state index in [1.54, 1.807) is 0 Å². The fourth-order valence-electron chi connectivity index (χ4n) is 1.94. The molecule has 23 heavy (non-hydrogen) atoms. The number of thiophene rings is 1. The van der Waals surface area contributed by atoms with E-state index in [0.717, 1.165) is 20.3 Å². The summed E-state index contributed by atoms with van der Waals surface area (Å²) in [5, 5.41) is 6.95. The van der Waals surface area contributed by atoms with Gasteiger partial charge >= 0.3 is 0 Å². The van der Waals surface area contributed by atoms with Crippen molar-refractivity contribution in [3.63, 3.8) is 0 Å². The van der Waals surface area contributed by atoms with Crippen LogP contribution in [0.4, 0.5) is 10.8 Å². The van der Waals surface area contributed by atoms with Gasteiger partial charge in [-0.05, 0) is 32.0 Å². The first kappa shape index (κ1) is 15.9. The number of thiazole rings is 1. The van der Waals surface area contributed by atoms with E-state index in [2.05, 4.69) is 15.6 Å². The Morgan fingerprint density at radius 1 is 1.26 bits per heavy atom. The third-order valence-electron chi connectivity index (χ3n) is 3.04. The van der Waals surface area contributed by atoms with E-state index in [9.17, 15) is 4.79 Å². The molecule has 0 radical (unpaired) electrons. The van der Waals surface area contributed by atoms with Gasteiger partial charge < -0.3 is 16.4 Å². The highest BCUT2D eigenvalue weighted by molar-refractivity contribution is 7.29. The van der Waals surface area contributed by atoms with E-state index in [1.807, 2.05) is 50.2 Å². The summed E-state index contributed by atoms with van der Waals surface area (Å²) in [5.74, 6) is -0.101. The van der Waals surface area contributed by atoms with E-state index in [-0.39, 0.29) is 5.91 Å². The van der Waals surface area contributed by atoms with Crippen LogP contribution in [-0.2, 0) is 0 Å². The summed E-state index contributed by atoms with van der Waals surface area (Å²) in [6.45, 7) is 4.19. The Labute approximate surface area is 142 Å². The van der Waals surface area contributed by atoms with Gasteiger partial charge in [-0.3, -0.25) is 4.79 Å². The summed E-state index contributed by atoms with van der Waals surface area (Å²) in [5.41, 5.74) is 6.46. The molecule has 2 aromatic heterocycles. The Hall–Kier alpha value is -1.96. The zero-order valence-corrected chi connectivity index (χ0v) is 14.6. The van der Waals surface area contributed by atoms with Crippen LogP contribution in [0.3, 0.4) is 0 Å². The van der Waals surface area contributed by atoms with Crippen LogP contribution in [0.2, 0.25) is 0 Å². The van der Waals surface area contributed by atoms with Crippen LogP contribution in [0.25, 0.3) is 9.53 Å². The standard InChI is InChI=1S/C16H18N4OS2/c1-16(2,17)9-18-13(21)11-8-12-14(22-11)20-15(23-12)19-10-6-4-3-5-7-10/h3-8H,9,17H2,1-2H3,(H,18,21)(H,19,20). The molecular weight excluding hydrogens is 328 g/mol. The van der Waals surface area contributed by atoms with Gasteiger partial charge in [-0.2, -0.15) is 0 Å². The molecule has 3 aromatic rings. The number of hydrogen-bond donors (Lipinski definition) is 3. The van der Waals surface area contributed by atoms with E-state index in [0.29, 0.717) is 11.4 Å². The van der Waals surface area contributed by atoms with Crippen molar-refractivity contribution >= 4 is 48.9 Å². The minimum Gasteiger partial charge on any atom is -0.350 e. The average molecular weight is 346 g/mol. The summed E-state index contributed by atoms with van der Waals surface area (Å²) in [6, 6.07) is 11.8. The number of benzene rings is 1. The Bertz CT molecular complexity index is 786. The SMILES string of the molecule is CC(C)(N)CNC(=O)c1cc2sc(Nc3ccccc3)nc2s1. The molecule has 7 heteroatoms. The van der Waals surface area contributed by atoms with Crippen molar-refractivity contribution in [2.75, 3.05) is 11.9 Å². The van der Waals surface area contributed by atoms with Crippen molar-refractivity contribution in [1.82, 2.24) is 10.3 Å². The van der Waals surface area contributed by atoms with Crippen molar-refractivity contribution in [2.24, 2.45) is 5.73 Å². The van der Waals surface area contributed by atoms with Crippen molar-refractivity contribution in [3.05, 3.63) is 41.3 Å². The lowest BCUT2D eigenvalue weighted by Gasteiger charge is -2.18. The van der Waals surface area contributed by atoms with E-state index < -0.39 is 5.54 Å². The van der Waals surface area contributed by atoms with Crippen LogP contribution in [0.15, 0.2) is 36.4 Å². The third kappa shape index (κ3) is 4.07. The molecule has 1 aromatic carbocycles. The predicted octanol–water partition coefficient (Wildman–Crippen LogP) is 3.57. The summed E-state index contributed by atoms with van der Waals surface area (Å²) in [4.78, 5) is 18.2. The van der Waals surface area contributed by atoms with Gasteiger partial charge in [0, 0.05) is 17.8 Å². The lowest BCUT2D eigenvalue weighted by Crippen LogP contribution is -2.44. The molecule has 0 spiro atoms. The second-order valence-corrected chi connectivity index (χ2v) is 8.02. The smallest absolute Gasteiger partial charge is 0.261 e. The fourth-order valence-corrected chi connectivity index (χ4v) is 3.99. The Morgan fingerprint density at radius 3 is 2.65 bits per heavy atom. The van der Waals surface area contributed by atoms with Gasteiger partial charge in [0.1, 0.15) is 4.83 Å². The minimum absolute atomic E-state index is 0.101. The lowest BCUT2D eigenvalue weighted by atomic mass is 10.1. The number of carbonyl (C=O) groups excluding carboxylic acids is 1.